The summed E-state index contributed by atoms with van der Waals surface area (Å²) in [6.07, 6.45) is -1.03. The molecule has 1 aromatic heterocycles. The average Bonchev–Trinajstić information content (AvgIpc) is 2.63. The maximum atomic E-state index is 12.4. The zero-order valence-electron chi connectivity index (χ0n) is 13.4. The number of para-hydroxylation sites is 1. The van der Waals surface area contributed by atoms with E-state index in [2.05, 4.69) is 15.5 Å². The Kier molecular flexibility index (Phi) is 4.56. The van der Waals surface area contributed by atoms with Crippen LogP contribution in [0.3, 0.4) is 0 Å². The molecule has 0 bridgehead atoms. The Labute approximate surface area is 142 Å². The summed E-state index contributed by atoms with van der Waals surface area (Å²) in [4.78, 5) is 36.2. The number of hydrogen-bond donors (Lipinski definition) is 2. The van der Waals surface area contributed by atoms with E-state index >= 15 is 0 Å². The minimum Gasteiger partial charge on any atom is -0.448 e. The fourth-order valence-corrected chi connectivity index (χ4v) is 2.31. The van der Waals surface area contributed by atoms with E-state index in [1.165, 1.54) is 6.92 Å². The molecule has 2 aromatic carbocycles. The number of ether oxygens (including phenoxy) is 1. The lowest BCUT2D eigenvalue weighted by Crippen LogP contribution is -2.30. The van der Waals surface area contributed by atoms with E-state index in [1.54, 1.807) is 48.5 Å². The summed E-state index contributed by atoms with van der Waals surface area (Å²) in [5, 5.41) is 9.36. The SMILES string of the molecule is CC(OC(=O)c1n[nH]c(=O)c2ccccc12)C(=O)Nc1ccccc1. The van der Waals surface area contributed by atoms with E-state index < -0.39 is 23.5 Å². The Balaban J connectivity index is 1.77. The molecule has 0 aliphatic heterocycles. The number of rotatable bonds is 4. The van der Waals surface area contributed by atoms with Gasteiger partial charge in [0.2, 0.25) is 0 Å². The molecule has 25 heavy (non-hydrogen) atoms. The lowest BCUT2D eigenvalue weighted by molar-refractivity contribution is -0.123. The lowest BCUT2D eigenvalue weighted by Gasteiger charge is -2.13. The minimum atomic E-state index is -1.03. The van der Waals surface area contributed by atoms with Gasteiger partial charge in [-0.1, -0.05) is 36.4 Å². The first-order valence-electron chi connectivity index (χ1n) is 7.60. The molecule has 0 fully saturated rings. The Morgan fingerprint density at radius 3 is 2.40 bits per heavy atom. The fraction of sp³-hybridized carbons (Fsp3) is 0.111. The van der Waals surface area contributed by atoms with Gasteiger partial charge in [-0.05, 0) is 25.1 Å². The van der Waals surface area contributed by atoms with Crippen molar-refractivity contribution in [2.24, 2.45) is 0 Å². The molecule has 7 heteroatoms. The number of nitrogens with one attached hydrogen (secondary N) is 2. The van der Waals surface area contributed by atoms with Crippen LogP contribution in [0.4, 0.5) is 5.69 Å². The van der Waals surface area contributed by atoms with Crippen LogP contribution in [0.2, 0.25) is 0 Å². The van der Waals surface area contributed by atoms with E-state index in [0.717, 1.165) is 0 Å². The number of aromatic amines is 1. The van der Waals surface area contributed by atoms with Crippen LogP contribution in [0.25, 0.3) is 10.8 Å². The molecule has 0 aliphatic carbocycles. The molecule has 3 aromatic rings. The van der Waals surface area contributed by atoms with Gasteiger partial charge in [-0.3, -0.25) is 9.59 Å². The van der Waals surface area contributed by atoms with Gasteiger partial charge in [-0.25, -0.2) is 9.89 Å². The summed E-state index contributed by atoms with van der Waals surface area (Å²) in [5.74, 6) is -1.25. The second kappa shape index (κ2) is 6.96. The van der Waals surface area contributed by atoms with E-state index in [-0.39, 0.29) is 5.69 Å². The summed E-state index contributed by atoms with van der Waals surface area (Å²) < 4.78 is 5.18. The van der Waals surface area contributed by atoms with Crippen molar-refractivity contribution < 1.29 is 14.3 Å². The van der Waals surface area contributed by atoms with Crippen LogP contribution in [0.1, 0.15) is 17.4 Å². The van der Waals surface area contributed by atoms with E-state index in [0.29, 0.717) is 16.5 Å². The number of fused-ring (bicyclic) bond motifs is 1. The summed E-state index contributed by atoms with van der Waals surface area (Å²) in [5.41, 5.74) is 0.152. The van der Waals surface area contributed by atoms with Gasteiger partial charge in [0.15, 0.2) is 11.8 Å². The van der Waals surface area contributed by atoms with Gasteiger partial charge in [0.25, 0.3) is 11.5 Å². The number of aromatic nitrogens is 2. The van der Waals surface area contributed by atoms with Gasteiger partial charge >= 0.3 is 5.97 Å². The molecule has 0 spiro atoms. The fourth-order valence-electron chi connectivity index (χ4n) is 2.31. The van der Waals surface area contributed by atoms with Gasteiger partial charge in [0.1, 0.15) is 0 Å². The van der Waals surface area contributed by atoms with Crippen LogP contribution in [-0.4, -0.2) is 28.2 Å². The van der Waals surface area contributed by atoms with Crippen molar-refractivity contribution in [3.63, 3.8) is 0 Å². The molecule has 1 heterocycles. The average molecular weight is 337 g/mol. The number of carbonyl (C=O) groups excluding carboxylic acids is 2. The van der Waals surface area contributed by atoms with E-state index in [1.807, 2.05) is 6.07 Å². The molecule has 0 radical (unpaired) electrons. The molecule has 1 atom stereocenters. The highest BCUT2D eigenvalue weighted by molar-refractivity contribution is 6.03. The Morgan fingerprint density at radius 2 is 1.68 bits per heavy atom. The maximum Gasteiger partial charge on any atom is 0.360 e. The van der Waals surface area contributed by atoms with Crippen molar-refractivity contribution in [2.45, 2.75) is 13.0 Å². The van der Waals surface area contributed by atoms with Crippen LogP contribution >= 0.6 is 0 Å². The van der Waals surface area contributed by atoms with Gasteiger partial charge < -0.3 is 10.1 Å². The molecular formula is C18H15N3O4. The molecule has 1 amide bonds. The third-order valence-electron chi connectivity index (χ3n) is 3.58. The molecule has 0 saturated carbocycles. The largest absolute Gasteiger partial charge is 0.448 e. The van der Waals surface area contributed by atoms with E-state index in [9.17, 15) is 14.4 Å². The standard InChI is InChI=1S/C18H15N3O4/c1-11(16(22)19-12-7-3-2-4-8-12)25-18(24)15-13-9-5-6-10-14(13)17(23)21-20-15/h2-11H,1H3,(H,19,22)(H,21,23). The molecule has 1 unspecified atom stereocenters. The summed E-state index contributed by atoms with van der Waals surface area (Å²) in [7, 11) is 0. The number of anilines is 1. The molecular weight excluding hydrogens is 322 g/mol. The zero-order chi connectivity index (χ0) is 17.8. The monoisotopic (exact) mass is 337 g/mol. The van der Waals surface area contributed by atoms with Crippen molar-refractivity contribution in [2.75, 3.05) is 5.32 Å². The van der Waals surface area contributed by atoms with Crippen molar-refractivity contribution >= 4 is 28.3 Å². The first-order chi connectivity index (χ1) is 12.1. The van der Waals surface area contributed by atoms with Crippen molar-refractivity contribution in [1.29, 1.82) is 0 Å². The highest BCUT2D eigenvalue weighted by Crippen LogP contribution is 2.14. The molecule has 126 valence electrons. The molecule has 2 N–H and O–H groups in total. The minimum absolute atomic E-state index is 0.0467. The van der Waals surface area contributed by atoms with Crippen LogP contribution in [0.5, 0.6) is 0 Å². The first-order valence-corrected chi connectivity index (χ1v) is 7.60. The summed E-state index contributed by atoms with van der Waals surface area (Å²) in [6, 6.07) is 15.4. The zero-order valence-corrected chi connectivity index (χ0v) is 13.4. The normalized spacial score (nSPS) is 11.7. The number of amides is 1. The third kappa shape index (κ3) is 3.55. The summed E-state index contributed by atoms with van der Waals surface area (Å²) >= 11 is 0. The number of nitrogens with zero attached hydrogens (tertiary/aromatic N) is 1. The number of carbonyl (C=O) groups is 2. The van der Waals surface area contributed by atoms with E-state index in [4.69, 9.17) is 4.74 Å². The van der Waals surface area contributed by atoms with Gasteiger partial charge in [-0.15, -0.1) is 0 Å². The number of hydrogen-bond acceptors (Lipinski definition) is 5. The maximum absolute atomic E-state index is 12.4. The highest BCUT2D eigenvalue weighted by atomic mass is 16.5. The van der Waals surface area contributed by atoms with Crippen LogP contribution in [0.15, 0.2) is 59.4 Å². The Bertz CT molecular complexity index is 982. The first kappa shape index (κ1) is 16.4. The molecule has 0 aliphatic rings. The molecule has 3 rings (SSSR count). The van der Waals surface area contributed by atoms with Gasteiger partial charge in [0.05, 0.1) is 5.39 Å². The number of esters is 1. The second-order valence-electron chi connectivity index (χ2n) is 5.35. The quantitative estimate of drug-likeness (QED) is 0.710. The topological polar surface area (TPSA) is 101 Å². The predicted octanol–water partition coefficient (Wildman–Crippen LogP) is 2.11. The van der Waals surface area contributed by atoms with Crippen LogP contribution in [0, 0.1) is 0 Å². The predicted molar refractivity (Wildman–Crippen MR) is 92.3 cm³/mol. The highest BCUT2D eigenvalue weighted by Gasteiger charge is 2.22. The van der Waals surface area contributed by atoms with Crippen molar-refractivity contribution in [1.82, 2.24) is 10.2 Å². The third-order valence-corrected chi connectivity index (χ3v) is 3.58. The second-order valence-corrected chi connectivity index (χ2v) is 5.35. The van der Waals surface area contributed by atoms with Gasteiger partial charge in [-0.2, -0.15) is 5.10 Å². The Morgan fingerprint density at radius 1 is 1.04 bits per heavy atom. The molecule has 7 nitrogen and oxygen atoms in total. The van der Waals surface area contributed by atoms with Crippen LogP contribution < -0.4 is 10.9 Å². The number of benzene rings is 2. The van der Waals surface area contributed by atoms with Gasteiger partial charge in [0, 0.05) is 11.1 Å². The van der Waals surface area contributed by atoms with Crippen molar-refractivity contribution in [3.8, 4) is 0 Å². The smallest absolute Gasteiger partial charge is 0.360 e. The Hall–Kier alpha value is -3.48. The molecule has 0 saturated heterocycles. The summed E-state index contributed by atoms with van der Waals surface area (Å²) in [6.45, 7) is 1.46. The van der Waals surface area contributed by atoms with Crippen LogP contribution in [-0.2, 0) is 9.53 Å². The lowest BCUT2D eigenvalue weighted by atomic mass is 10.1. The number of H-pyrrole nitrogens is 1. The van der Waals surface area contributed by atoms with Crippen molar-refractivity contribution in [3.05, 3.63) is 70.6 Å².